The summed E-state index contributed by atoms with van der Waals surface area (Å²) < 4.78 is 2.65. The van der Waals surface area contributed by atoms with Gasteiger partial charge in [-0.05, 0) is 71.5 Å². The number of fused-ring (bicyclic) bond motifs is 3. The van der Waals surface area contributed by atoms with Gasteiger partial charge in [-0.2, -0.15) is 0 Å². The molecule has 0 fully saturated rings. The van der Waals surface area contributed by atoms with E-state index in [-0.39, 0.29) is 6.04 Å². The van der Waals surface area contributed by atoms with Crippen LogP contribution in [0.5, 0.6) is 0 Å². The maximum Gasteiger partial charge on any atom is 0.0464 e. The van der Waals surface area contributed by atoms with Crippen LogP contribution in [0.25, 0.3) is 42.4 Å². The lowest BCUT2D eigenvalue weighted by molar-refractivity contribution is 0.722. The van der Waals surface area contributed by atoms with Crippen molar-refractivity contribution in [3.8, 4) is 22.3 Å². The van der Waals surface area contributed by atoms with E-state index in [4.69, 9.17) is 5.73 Å². The number of rotatable bonds is 7. The van der Waals surface area contributed by atoms with E-state index in [0.717, 1.165) is 23.4 Å². The highest BCUT2D eigenvalue weighted by Gasteiger charge is 2.14. The standard InChI is InChI=1S/C39H32N2S/c1-26-9-7-12-29(23-26)35-25-30(32-14-8-15-34-33-13-5-6-16-38(33)42-39(32)34)19-22-37(35)41-31-20-17-28(18-21-31)36(40)24-27-10-3-2-4-11-27/h2-23,25,36,41H,24,40H2,1H3/t36-/m1/s1. The lowest BCUT2D eigenvalue weighted by atomic mass is 9.95. The summed E-state index contributed by atoms with van der Waals surface area (Å²) in [5.41, 5.74) is 17.2. The van der Waals surface area contributed by atoms with Crippen molar-refractivity contribution in [3.63, 3.8) is 0 Å². The van der Waals surface area contributed by atoms with Crippen LogP contribution in [0.2, 0.25) is 0 Å². The highest BCUT2D eigenvalue weighted by molar-refractivity contribution is 7.26. The molecule has 42 heavy (non-hydrogen) atoms. The highest BCUT2D eigenvalue weighted by Crippen LogP contribution is 2.42. The predicted octanol–water partition coefficient (Wildman–Crippen LogP) is 10.7. The SMILES string of the molecule is Cc1cccc(-c2cc(-c3cccc4c3sc3ccccc34)ccc2Nc2ccc([C@H](N)Cc3ccccc3)cc2)c1. The zero-order valence-electron chi connectivity index (χ0n) is 23.5. The third-order valence-electron chi connectivity index (χ3n) is 7.98. The van der Waals surface area contributed by atoms with Gasteiger partial charge in [0.1, 0.15) is 0 Å². The van der Waals surface area contributed by atoms with Crippen molar-refractivity contribution in [1.29, 1.82) is 0 Å². The molecule has 0 aliphatic carbocycles. The van der Waals surface area contributed by atoms with Gasteiger partial charge in [-0.15, -0.1) is 11.3 Å². The Labute approximate surface area is 251 Å². The molecule has 2 nitrogen and oxygen atoms in total. The molecule has 0 amide bonds. The molecule has 6 aromatic carbocycles. The van der Waals surface area contributed by atoms with Crippen LogP contribution in [0.3, 0.4) is 0 Å². The molecule has 0 spiro atoms. The average Bonchev–Trinajstić information content (AvgIpc) is 3.41. The van der Waals surface area contributed by atoms with E-state index < -0.39 is 0 Å². The number of benzene rings is 6. The van der Waals surface area contributed by atoms with Gasteiger partial charge in [0.2, 0.25) is 0 Å². The molecule has 204 valence electrons. The first-order chi connectivity index (χ1) is 20.6. The Morgan fingerprint density at radius 1 is 0.643 bits per heavy atom. The summed E-state index contributed by atoms with van der Waals surface area (Å²) in [5.74, 6) is 0. The van der Waals surface area contributed by atoms with Crippen molar-refractivity contribution in [2.45, 2.75) is 19.4 Å². The van der Waals surface area contributed by atoms with E-state index >= 15 is 0 Å². The van der Waals surface area contributed by atoms with Crippen LogP contribution < -0.4 is 11.1 Å². The van der Waals surface area contributed by atoms with E-state index in [0.29, 0.717) is 0 Å². The summed E-state index contributed by atoms with van der Waals surface area (Å²) >= 11 is 1.87. The summed E-state index contributed by atoms with van der Waals surface area (Å²) in [5, 5.41) is 6.35. The smallest absolute Gasteiger partial charge is 0.0464 e. The fourth-order valence-corrected chi connectivity index (χ4v) is 7.04. The Bertz CT molecular complexity index is 2010. The van der Waals surface area contributed by atoms with Crippen molar-refractivity contribution in [3.05, 3.63) is 156 Å². The van der Waals surface area contributed by atoms with Crippen LogP contribution in [-0.2, 0) is 6.42 Å². The van der Waals surface area contributed by atoms with Crippen LogP contribution in [0, 0.1) is 6.92 Å². The molecular formula is C39H32N2S. The van der Waals surface area contributed by atoms with Crippen LogP contribution in [0.15, 0.2) is 140 Å². The van der Waals surface area contributed by atoms with Gasteiger partial charge in [0.15, 0.2) is 0 Å². The minimum Gasteiger partial charge on any atom is -0.355 e. The number of hydrogen-bond donors (Lipinski definition) is 2. The Morgan fingerprint density at radius 2 is 1.38 bits per heavy atom. The number of thiophene rings is 1. The van der Waals surface area contributed by atoms with Crippen molar-refractivity contribution < 1.29 is 0 Å². The maximum atomic E-state index is 6.56. The zero-order chi connectivity index (χ0) is 28.5. The second-order valence-corrected chi connectivity index (χ2v) is 12.0. The van der Waals surface area contributed by atoms with E-state index in [1.54, 1.807) is 0 Å². The van der Waals surface area contributed by atoms with Gasteiger partial charge < -0.3 is 11.1 Å². The lowest BCUT2D eigenvalue weighted by Gasteiger charge is -2.17. The van der Waals surface area contributed by atoms with Crippen molar-refractivity contribution in [2.24, 2.45) is 5.73 Å². The van der Waals surface area contributed by atoms with E-state index in [2.05, 4.69) is 146 Å². The molecule has 0 bridgehead atoms. The normalized spacial score (nSPS) is 12.0. The Hall–Kier alpha value is -4.70. The van der Waals surface area contributed by atoms with Gasteiger partial charge in [0, 0.05) is 43.2 Å². The third kappa shape index (κ3) is 5.21. The first-order valence-corrected chi connectivity index (χ1v) is 15.2. The van der Waals surface area contributed by atoms with Gasteiger partial charge in [-0.25, -0.2) is 0 Å². The minimum absolute atomic E-state index is 0.0415. The van der Waals surface area contributed by atoms with E-state index in [1.165, 1.54) is 53.6 Å². The summed E-state index contributed by atoms with van der Waals surface area (Å²) in [6.07, 6.45) is 0.819. The molecule has 1 aromatic heterocycles. The lowest BCUT2D eigenvalue weighted by Crippen LogP contribution is -2.13. The molecule has 0 saturated heterocycles. The molecule has 1 heterocycles. The van der Waals surface area contributed by atoms with Crippen LogP contribution in [0.1, 0.15) is 22.7 Å². The predicted molar refractivity (Wildman–Crippen MR) is 182 cm³/mol. The minimum atomic E-state index is -0.0415. The molecular weight excluding hydrogens is 529 g/mol. The molecule has 7 aromatic rings. The molecule has 1 atom stereocenters. The first kappa shape index (κ1) is 26.2. The van der Waals surface area contributed by atoms with Crippen molar-refractivity contribution >= 4 is 42.9 Å². The Kier molecular flexibility index (Phi) is 7.05. The fourth-order valence-electron chi connectivity index (χ4n) is 5.80. The zero-order valence-corrected chi connectivity index (χ0v) is 24.4. The van der Waals surface area contributed by atoms with Crippen molar-refractivity contribution in [2.75, 3.05) is 5.32 Å². The second kappa shape index (κ2) is 11.3. The average molecular weight is 561 g/mol. The molecule has 0 radical (unpaired) electrons. The fraction of sp³-hybridized carbons (Fsp3) is 0.0769. The van der Waals surface area contributed by atoms with Crippen LogP contribution in [-0.4, -0.2) is 0 Å². The van der Waals surface area contributed by atoms with Crippen LogP contribution in [0.4, 0.5) is 11.4 Å². The number of nitrogens with two attached hydrogens (primary N) is 1. The monoisotopic (exact) mass is 560 g/mol. The number of anilines is 2. The summed E-state index contributed by atoms with van der Waals surface area (Å²) in [6.45, 7) is 2.15. The number of aryl methyl sites for hydroxylation is 1. The topological polar surface area (TPSA) is 38.0 Å². The Balaban J connectivity index is 1.24. The summed E-state index contributed by atoms with van der Waals surface area (Å²) in [6, 6.07) is 49.8. The number of hydrogen-bond acceptors (Lipinski definition) is 3. The Morgan fingerprint density at radius 3 is 2.21 bits per heavy atom. The van der Waals surface area contributed by atoms with Crippen molar-refractivity contribution in [1.82, 2.24) is 0 Å². The molecule has 3 heteroatoms. The summed E-state index contributed by atoms with van der Waals surface area (Å²) in [7, 11) is 0. The molecule has 0 saturated carbocycles. The molecule has 3 N–H and O–H groups in total. The maximum absolute atomic E-state index is 6.56. The molecule has 0 aliphatic rings. The van der Waals surface area contributed by atoms with Gasteiger partial charge in [-0.3, -0.25) is 0 Å². The quantitative estimate of drug-likeness (QED) is 0.203. The second-order valence-electron chi connectivity index (χ2n) is 11.0. The largest absolute Gasteiger partial charge is 0.355 e. The van der Waals surface area contributed by atoms with Crippen LogP contribution >= 0.6 is 11.3 Å². The van der Waals surface area contributed by atoms with Gasteiger partial charge in [0.05, 0.1) is 0 Å². The highest BCUT2D eigenvalue weighted by atomic mass is 32.1. The molecule has 7 rings (SSSR count). The van der Waals surface area contributed by atoms with E-state index in [9.17, 15) is 0 Å². The van der Waals surface area contributed by atoms with Gasteiger partial charge in [0.25, 0.3) is 0 Å². The molecule has 0 unspecified atom stereocenters. The van der Waals surface area contributed by atoms with Gasteiger partial charge >= 0.3 is 0 Å². The third-order valence-corrected chi connectivity index (χ3v) is 9.20. The number of nitrogens with one attached hydrogen (secondary N) is 1. The first-order valence-electron chi connectivity index (χ1n) is 14.4. The summed E-state index contributed by atoms with van der Waals surface area (Å²) in [4.78, 5) is 0. The molecule has 0 aliphatic heterocycles. The van der Waals surface area contributed by atoms with E-state index in [1.807, 2.05) is 17.4 Å². The van der Waals surface area contributed by atoms with Gasteiger partial charge in [-0.1, -0.05) is 115 Å².